The van der Waals surface area contributed by atoms with Crippen molar-refractivity contribution in [1.29, 1.82) is 0 Å². The fourth-order valence-electron chi connectivity index (χ4n) is 2.92. The van der Waals surface area contributed by atoms with Crippen LogP contribution in [0.5, 0.6) is 0 Å². The van der Waals surface area contributed by atoms with Gasteiger partial charge in [0.1, 0.15) is 5.82 Å². The molecule has 1 saturated heterocycles. The number of carbonyl (C=O) groups is 1. The molecule has 1 amide bonds. The zero-order chi connectivity index (χ0) is 16.2. The predicted molar refractivity (Wildman–Crippen MR) is 99.8 cm³/mol. The van der Waals surface area contributed by atoms with E-state index in [9.17, 15) is 14.3 Å². The van der Waals surface area contributed by atoms with E-state index >= 15 is 0 Å². The summed E-state index contributed by atoms with van der Waals surface area (Å²) in [5, 5.41) is 13.4. The van der Waals surface area contributed by atoms with Crippen molar-refractivity contribution >= 4 is 30.7 Å². The van der Waals surface area contributed by atoms with Crippen LogP contribution in [0.1, 0.15) is 18.4 Å². The van der Waals surface area contributed by atoms with Crippen molar-refractivity contribution in [2.45, 2.75) is 31.5 Å². The third kappa shape index (κ3) is 6.72. The predicted octanol–water partition coefficient (Wildman–Crippen LogP) is 1.43. The van der Waals surface area contributed by atoms with Crippen LogP contribution in [0.2, 0.25) is 0 Å². The number of aliphatic hydroxyl groups excluding tert-OH is 1. The Morgan fingerprint density at radius 2 is 1.92 bits per heavy atom. The Morgan fingerprint density at radius 3 is 2.60 bits per heavy atom. The summed E-state index contributed by atoms with van der Waals surface area (Å²) in [5.41, 5.74) is 0.620. The van der Waals surface area contributed by atoms with Gasteiger partial charge in [0, 0.05) is 44.3 Å². The van der Waals surface area contributed by atoms with Crippen molar-refractivity contribution in [3.63, 3.8) is 0 Å². The number of amides is 1. The Hall–Kier alpha value is -0.920. The van der Waals surface area contributed by atoms with Crippen LogP contribution < -0.4 is 5.32 Å². The van der Waals surface area contributed by atoms with Crippen LogP contribution >= 0.6 is 24.8 Å². The lowest BCUT2D eigenvalue weighted by Gasteiger charge is -2.22. The summed E-state index contributed by atoms with van der Waals surface area (Å²) in [6, 6.07) is 7.18. The van der Waals surface area contributed by atoms with Gasteiger partial charge in [-0.3, -0.25) is 9.69 Å². The minimum Gasteiger partial charge on any atom is -0.390 e. The van der Waals surface area contributed by atoms with E-state index in [1.165, 1.54) is 6.07 Å². The fourth-order valence-corrected chi connectivity index (χ4v) is 2.92. The topological polar surface area (TPSA) is 55.8 Å². The van der Waals surface area contributed by atoms with Crippen molar-refractivity contribution in [2.24, 2.45) is 0 Å². The second kappa shape index (κ2) is 10.3. The highest BCUT2D eigenvalue weighted by molar-refractivity contribution is 5.85. The Labute approximate surface area is 160 Å². The van der Waals surface area contributed by atoms with Crippen LogP contribution in [-0.4, -0.2) is 65.7 Å². The second-order valence-corrected chi connectivity index (χ2v) is 6.48. The second-order valence-electron chi connectivity index (χ2n) is 6.48. The smallest absolute Gasteiger partial charge is 0.236 e. The average molecular weight is 394 g/mol. The average Bonchev–Trinajstić information content (AvgIpc) is 3.35. The first-order chi connectivity index (χ1) is 11.1. The van der Waals surface area contributed by atoms with Crippen molar-refractivity contribution in [2.75, 3.05) is 32.7 Å². The molecule has 8 heteroatoms. The fraction of sp³-hybridized carbons (Fsp3) is 0.588. The molecule has 1 unspecified atom stereocenters. The number of hydrogen-bond acceptors (Lipinski definition) is 4. The van der Waals surface area contributed by atoms with Gasteiger partial charge in [-0.25, -0.2) is 4.39 Å². The van der Waals surface area contributed by atoms with E-state index in [0.29, 0.717) is 50.9 Å². The third-order valence-electron chi connectivity index (χ3n) is 4.41. The highest BCUT2D eigenvalue weighted by Gasteiger charge is 2.26. The zero-order valence-corrected chi connectivity index (χ0v) is 15.7. The molecule has 0 spiro atoms. The Kier molecular flexibility index (Phi) is 9.10. The first kappa shape index (κ1) is 22.1. The molecular weight excluding hydrogens is 368 g/mol. The van der Waals surface area contributed by atoms with Crippen LogP contribution in [0.25, 0.3) is 0 Å². The van der Waals surface area contributed by atoms with E-state index in [-0.39, 0.29) is 36.5 Å². The minimum absolute atomic E-state index is 0. The van der Waals surface area contributed by atoms with Crippen molar-refractivity contribution < 1.29 is 14.3 Å². The number of benzene rings is 1. The van der Waals surface area contributed by atoms with Gasteiger partial charge >= 0.3 is 0 Å². The maximum absolute atomic E-state index is 13.8. The van der Waals surface area contributed by atoms with E-state index in [4.69, 9.17) is 0 Å². The number of halogens is 3. The van der Waals surface area contributed by atoms with E-state index in [1.54, 1.807) is 17.0 Å². The lowest BCUT2D eigenvalue weighted by atomic mass is 10.2. The summed E-state index contributed by atoms with van der Waals surface area (Å²) in [7, 11) is 0. The summed E-state index contributed by atoms with van der Waals surface area (Å²) in [5.74, 6) is -0.198. The molecule has 25 heavy (non-hydrogen) atoms. The van der Waals surface area contributed by atoms with E-state index < -0.39 is 6.10 Å². The maximum Gasteiger partial charge on any atom is 0.236 e. The van der Waals surface area contributed by atoms with Gasteiger partial charge in [0.25, 0.3) is 0 Å². The molecule has 1 heterocycles. The van der Waals surface area contributed by atoms with E-state index in [0.717, 1.165) is 12.8 Å². The molecular formula is C17H26Cl2FN3O2. The molecule has 1 aromatic carbocycles. The van der Waals surface area contributed by atoms with Gasteiger partial charge in [-0.05, 0) is 18.9 Å². The van der Waals surface area contributed by atoms with Gasteiger partial charge in [0.2, 0.25) is 5.91 Å². The van der Waals surface area contributed by atoms with Gasteiger partial charge in [-0.1, -0.05) is 18.2 Å². The number of nitrogens with zero attached hydrogens (tertiary/aromatic N) is 2. The summed E-state index contributed by atoms with van der Waals surface area (Å²) >= 11 is 0. The van der Waals surface area contributed by atoms with Crippen molar-refractivity contribution in [3.8, 4) is 0 Å². The molecule has 1 aliphatic carbocycles. The number of hydrogen-bond donors (Lipinski definition) is 2. The van der Waals surface area contributed by atoms with Crippen LogP contribution in [0.4, 0.5) is 4.39 Å². The molecule has 1 aromatic rings. The van der Waals surface area contributed by atoms with E-state index in [2.05, 4.69) is 5.32 Å². The molecule has 3 rings (SSSR count). The number of carbonyl (C=O) groups excluding carboxylic acids is 1. The van der Waals surface area contributed by atoms with Gasteiger partial charge in [0.05, 0.1) is 12.6 Å². The molecule has 1 aliphatic heterocycles. The molecule has 2 aliphatic rings. The monoisotopic (exact) mass is 393 g/mol. The summed E-state index contributed by atoms with van der Waals surface area (Å²) < 4.78 is 13.8. The summed E-state index contributed by atoms with van der Waals surface area (Å²) in [6.07, 6.45) is 1.69. The van der Waals surface area contributed by atoms with E-state index in [1.807, 2.05) is 11.0 Å². The molecule has 142 valence electrons. The SMILES string of the molecule is Cl.Cl.O=C(CNC1CC1)N1CCN(Cc2ccccc2F)CC(O)C1. The Balaban J connectivity index is 0.00000156. The summed E-state index contributed by atoms with van der Waals surface area (Å²) in [6.45, 7) is 2.79. The molecule has 1 atom stereocenters. The molecule has 0 radical (unpaired) electrons. The molecule has 0 aromatic heterocycles. The normalized spacial score (nSPS) is 21.0. The quantitative estimate of drug-likeness (QED) is 0.794. The molecule has 2 fully saturated rings. The Morgan fingerprint density at radius 1 is 1.20 bits per heavy atom. The van der Waals surface area contributed by atoms with Crippen LogP contribution in [-0.2, 0) is 11.3 Å². The molecule has 1 saturated carbocycles. The van der Waals surface area contributed by atoms with Crippen LogP contribution in [0.3, 0.4) is 0 Å². The number of aliphatic hydroxyl groups is 1. The molecule has 2 N–H and O–H groups in total. The van der Waals surface area contributed by atoms with Crippen LogP contribution in [0, 0.1) is 5.82 Å². The summed E-state index contributed by atoms with van der Waals surface area (Å²) in [4.78, 5) is 15.9. The van der Waals surface area contributed by atoms with Gasteiger partial charge in [-0.2, -0.15) is 0 Å². The van der Waals surface area contributed by atoms with Crippen molar-refractivity contribution in [3.05, 3.63) is 35.6 Å². The van der Waals surface area contributed by atoms with Gasteiger partial charge in [0.15, 0.2) is 0 Å². The maximum atomic E-state index is 13.8. The largest absolute Gasteiger partial charge is 0.390 e. The standard InChI is InChI=1S/C17H24FN3O2.2ClH/c18-16-4-2-1-3-13(16)10-20-7-8-21(12-15(22)11-20)17(23)9-19-14-5-6-14;;/h1-4,14-15,19,22H,5-12H2;2*1H. The number of β-amino-alcohol motifs (C(OH)–C–C–N with tert-alkyl or cyclic N) is 1. The lowest BCUT2D eigenvalue weighted by Crippen LogP contribution is -2.42. The first-order valence-corrected chi connectivity index (χ1v) is 8.27. The first-order valence-electron chi connectivity index (χ1n) is 8.27. The number of nitrogens with one attached hydrogen (secondary N) is 1. The van der Waals surface area contributed by atoms with Gasteiger partial charge in [-0.15, -0.1) is 24.8 Å². The molecule has 0 bridgehead atoms. The van der Waals surface area contributed by atoms with Gasteiger partial charge < -0.3 is 15.3 Å². The molecule has 5 nitrogen and oxygen atoms in total. The van der Waals surface area contributed by atoms with Crippen molar-refractivity contribution in [1.82, 2.24) is 15.1 Å². The number of rotatable bonds is 5. The highest BCUT2D eigenvalue weighted by Crippen LogP contribution is 2.18. The highest BCUT2D eigenvalue weighted by atomic mass is 35.5. The lowest BCUT2D eigenvalue weighted by molar-refractivity contribution is -0.131. The minimum atomic E-state index is -0.603. The zero-order valence-electron chi connectivity index (χ0n) is 14.1. The Bertz CT molecular complexity index is 560. The third-order valence-corrected chi connectivity index (χ3v) is 4.41. The van der Waals surface area contributed by atoms with Crippen LogP contribution in [0.15, 0.2) is 24.3 Å².